The maximum Gasteiger partial charge on any atom is 0.0720 e. The normalized spacial score (nSPS) is 12.4. The standard InChI is InChI=1S/C14H14ClIN2/c1-9-6-7-10(8-12(9)15)14(18-17)11-4-2-3-5-13(11)16/h2-8,14,18H,17H2,1H3. The second kappa shape index (κ2) is 6.02. The topological polar surface area (TPSA) is 38.0 Å². The largest absolute Gasteiger partial charge is 0.271 e. The van der Waals surface area contributed by atoms with E-state index in [0.29, 0.717) is 0 Å². The van der Waals surface area contributed by atoms with Crippen molar-refractivity contribution in [2.45, 2.75) is 13.0 Å². The van der Waals surface area contributed by atoms with E-state index in [1.165, 1.54) is 3.57 Å². The molecule has 0 radical (unpaired) electrons. The van der Waals surface area contributed by atoms with Crippen LogP contribution < -0.4 is 11.3 Å². The van der Waals surface area contributed by atoms with Crippen molar-refractivity contribution < 1.29 is 0 Å². The Morgan fingerprint density at radius 2 is 1.94 bits per heavy atom. The van der Waals surface area contributed by atoms with Gasteiger partial charge in [0.15, 0.2) is 0 Å². The van der Waals surface area contributed by atoms with Crippen LogP contribution in [-0.2, 0) is 0 Å². The van der Waals surface area contributed by atoms with Crippen LogP contribution in [0.2, 0.25) is 5.02 Å². The Labute approximate surface area is 126 Å². The molecule has 0 heterocycles. The van der Waals surface area contributed by atoms with Crippen molar-refractivity contribution in [2.75, 3.05) is 0 Å². The summed E-state index contributed by atoms with van der Waals surface area (Å²) in [7, 11) is 0. The van der Waals surface area contributed by atoms with Crippen LogP contribution in [0.15, 0.2) is 42.5 Å². The molecule has 1 unspecified atom stereocenters. The Morgan fingerprint density at radius 1 is 1.22 bits per heavy atom. The molecule has 2 aromatic rings. The quantitative estimate of drug-likeness (QED) is 0.488. The summed E-state index contributed by atoms with van der Waals surface area (Å²) in [6, 6.07) is 14.1. The number of halogens is 2. The lowest BCUT2D eigenvalue weighted by atomic mass is 9.98. The Morgan fingerprint density at radius 3 is 2.56 bits per heavy atom. The average Bonchev–Trinajstić information content (AvgIpc) is 2.37. The van der Waals surface area contributed by atoms with Crippen molar-refractivity contribution >= 4 is 34.2 Å². The van der Waals surface area contributed by atoms with Gasteiger partial charge in [-0.3, -0.25) is 5.84 Å². The van der Waals surface area contributed by atoms with Gasteiger partial charge in [0.05, 0.1) is 6.04 Å². The monoisotopic (exact) mass is 372 g/mol. The highest BCUT2D eigenvalue weighted by molar-refractivity contribution is 14.1. The Hall–Kier alpha value is -0.620. The number of benzene rings is 2. The lowest BCUT2D eigenvalue weighted by Gasteiger charge is -2.19. The highest BCUT2D eigenvalue weighted by Crippen LogP contribution is 2.28. The molecule has 0 saturated carbocycles. The van der Waals surface area contributed by atoms with Crippen molar-refractivity contribution in [3.63, 3.8) is 0 Å². The number of aryl methyl sites for hydroxylation is 1. The number of hydrazine groups is 1. The summed E-state index contributed by atoms with van der Waals surface area (Å²) >= 11 is 8.48. The molecular weight excluding hydrogens is 359 g/mol. The summed E-state index contributed by atoms with van der Waals surface area (Å²) in [5.74, 6) is 5.70. The lowest BCUT2D eigenvalue weighted by Crippen LogP contribution is -2.29. The summed E-state index contributed by atoms with van der Waals surface area (Å²) in [4.78, 5) is 0. The molecule has 0 aliphatic carbocycles. The van der Waals surface area contributed by atoms with Gasteiger partial charge < -0.3 is 0 Å². The van der Waals surface area contributed by atoms with Crippen LogP contribution >= 0.6 is 34.2 Å². The van der Waals surface area contributed by atoms with Crippen LogP contribution in [0.3, 0.4) is 0 Å². The van der Waals surface area contributed by atoms with E-state index in [9.17, 15) is 0 Å². The fraction of sp³-hybridized carbons (Fsp3) is 0.143. The van der Waals surface area contributed by atoms with Crippen molar-refractivity contribution in [1.29, 1.82) is 0 Å². The second-order valence-electron chi connectivity index (χ2n) is 4.13. The van der Waals surface area contributed by atoms with Crippen molar-refractivity contribution in [1.82, 2.24) is 5.43 Å². The molecule has 0 aromatic heterocycles. The molecule has 0 aliphatic heterocycles. The van der Waals surface area contributed by atoms with Gasteiger partial charge in [-0.1, -0.05) is 41.9 Å². The molecule has 2 nitrogen and oxygen atoms in total. The first kappa shape index (κ1) is 13.8. The van der Waals surface area contributed by atoms with Crippen LogP contribution in [0.1, 0.15) is 22.7 Å². The van der Waals surface area contributed by atoms with Gasteiger partial charge in [0.2, 0.25) is 0 Å². The van der Waals surface area contributed by atoms with E-state index in [0.717, 1.165) is 21.7 Å². The van der Waals surface area contributed by atoms with E-state index < -0.39 is 0 Å². The Balaban J connectivity index is 2.45. The van der Waals surface area contributed by atoms with Crippen LogP contribution in [0.5, 0.6) is 0 Å². The second-order valence-corrected chi connectivity index (χ2v) is 5.70. The molecule has 0 spiro atoms. The smallest absolute Gasteiger partial charge is 0.0720 e. The van der Waals surface area contributed by atoms with Gasteiger partial charge in [-0.05, 0) is 58.3 Å². The SMILES string of the molecule is Cc1ccc(C(NN)c2ccccc2I)cc1Cl. The molecule has 2 rings (SSSR count). The van der Waals surface area contributed by atoms with Gasteiger partial charge in [0.25, 0.3) is 0 Å². The maximum atomic E-state index is 6.17. The highest BCUT2D eigenvalue weighted by atomic mass is 127. The predicted molar refractivity (Wildman–Crippen MR) is 84.5 cm³/mol. The average molecular weight is 373 g/mol. The third kappa shape index (κ3) is 2.85. The molecule has 0 bridgehead atoms. The minimum absolute atomic E-state index is 0.0452. The summed E-state index contributed by atoms with van der Waals surface area (Å²) in [5.41, 5.74) is 6.15. The van der Waals surface area contributed by atoms with Gasteiger partial charge in [-0.15, -0.1) is 0 Å². The molecule has 1 atom stereocenters. The molecule has 0 saturated heterocycles. The molecule has 0 fully saturated rings. The van der Waals surface area contributed by atoms with Crippen LogP contribution in [0, 0.1) is 10.5 Å². The van der Waals surface area contributed by atoms with Gasteiger partial charge in [0, 0.05) is 8.59 Å². The molecule has 2 aromatic carbocycles. The fourth-order valence-electron chi connectivity index (χ4n) is 1.86. The molecule has 4 heteroatoms. The highest BCUT2D eigenvalue weighted by Gasteiger charge is 2.15. The number of hydrogen-bond acceptors (Lipinski definition) is 2. The minimum atomic E-state index is -0.0452. The molecule has 18 heavy (non-hydrogen) atoms. The zero-order chi connectivity index (χ0) is 13.1. The van der Waals surface area contributed by atoms with Crippen molar-refractivity contribution in [3.8, 4) is 0 Å². The number of nitrogens with one attached hydrogen (secondary N) is 1. The van der Waals surface area contributed by atoms with Crippen LogP contribution in [-0.4, -0.2) is 0 Å². The maximum absolute atomic E-state index is 6.17. The molecular formula is C14H14ClIN2. The number of rotatable bonds is 3. The molecule has 0 amide bonds. The zero-order valence-corrected chi connectivity index (χ0v) is 12.9. The minimum Gasteiger partial charge on any atom is -0.271 e. The van der Waals surface area contributed by atoms with Gasteiger partial charge in [-0.25, -0.2) is 5.43 Å². The lowest BCUT2D eigenvalue weighted by molar-refractivity contribution is 0.634. The summed E-state index contributed by atoms with van der Waals surface area (Å²) in [6.07, 6.45) is 0. The van der Waals surface area contributed by atoms with E-state index >= 15 is 0 Å². The first-order chi connectivity index (χ1) is 8.63. The van der Waals surface area contributed by atoms with Crippen LogP contribution in [0.25, 0.3) is 0 Å². The van der Waals surface area contributed by atoms with Gasteiger partial charge in [0.1, 0.15) is 0 Å². The Kier molecular flexibility index (Phi) is 4.61. The Bertz CT molecular complexity index is 557. The van der Waals surface area contributed by atoms with Crippen LogP contribution in [0.4, 0.5) is 0 Å². The summed E-state index contributed by atoms with van der Waals surface area (Å²) < 4.78 is 1.18. The molecule has 94 valence electrons. The number of nitrogens with two attached hydrogens (primary N) is 1. The summed E-state index contributed by atoms with van der Waals surface area (Å²) in [6.45, 7) is 1.99. The third-order valence-electron chi connectivity index (χ3n) is 2.91. The third-order valence-corrected chi connectivity index (χ3v) is 4.30. The first-order valence-electron chi connectivity index (χ1n) is 5.60. The van der Waals surface area contributed by atoms with E-state index in [2.05, 4.69) is 46.2 Å². The van der Waals surface area contributed by atoms with E-state index in [-0.39, 0.29) is 6.04 Å². The van der Waals surface area contributed by atoms with E-state index in [1.807, 2.05) is 31.2 Å². The molecule has 3 N–H and O–H groups in total. The van der Waals surface area contributed by atoms with Gasteiger partial charge >= 0.3 is 0 Å². The molecule has 0 aliphatic rings. The van der Waals surface area contributed by atoms with Gasteiger partial charge in [-0.2, -0.15) is 0 Å². The predicted octanol–water partition coefficient (Wildman–Crippen LogP) is 3.81. The van der Waals surface area contributed by atoms with E-state index in [1.54, 1.807) is 0 Å². The fourth-order valence-corrected chi connectivity index (χ4v) is 2.75. The zero-order valence-electron chi connectivity index (χ0n) is 9.95. The first-order valence-corrected chi connectivity index (χ1v) is 7.05. The van der Waals surface area contributed by atoms with Crippen molar-refractivity contribution in [2.24, 2.45) is 5.84 Å². The number of hydrogen-bond donors (Lipinski definition) is 2. The van der Waals surface area contributed by atoms with E-state index in [4.69, 9.17) is 17.4 Å². The van der Waals surface area contributed by atoms with Crippen molar-refractivity contribution in [3.05, 3.63) is 67.7 Å². The summed E-state index contributed by atoms with van der Waals surface area (Å²) in [5, 5.41) is 0.763.